The zero-order valence-electron chi connectivity index (χ0n) is 9.65. The fourth-order valence-corrected chi connectivity index (χ4v) is 1.73. The van der Waals surface area contributed by atoms with Gasteiger partial charge in [0.05, 0.1) is 18.4 Å². The van der Waals surface area contributed by atoms with Gasteiger partial charge < -0.3 is 14.6 Å². The number of hydrogen-bond acceptors (Lipinski definition) is 4. The maximum absolute atomic E-state index is 11.6. The molecule has 0 bridgehead atoms. The van der Waals surface area contributed by atoms with Crippen molar-refractivity contribution in [2.45, 2.75) is 26.4 Å². The standard InChI is InChI=1S/C11H16O5/c1-11(2)7(4-5-15-3)8(6-9(12)13)16-10(11)14/h4,8H,5-6H2,1-3H3,(H,12,13)/b7-4-/t8-/m0/s1. The molecule has 0 aromatic carbocycles. The first-order valence-electron chi connectivity index (χ1n) is 5.02. The molecule has 1 rings (SSSR count). The Labute approximate surface area is 94.0 Å². The molecule has 5 heteroatoms. The molecule has 1 saturated heterocycles. The Hall–Kier alpha value is -1.36. The second-order valence-corrected chi connectivity index (χ2v) is 4.23. The van der Waals surface area contributed by atoms with E-state index >= 15 is 0 Å². The van der Waals surface area contributed by atoms with Gasteiger partial charge in [-0.15, -0.1) is 0 Å². The predicted molar refractivity (Wildman–Crippen MR) is 55.9 cm³/mol. The van der Waals surface area contributed by atoms with Crippen molar-refractivity contribution in [1.29, 1.82) is 0 Å². The summed E-state index contributed by atoms with van der Waals surface area (Å²) < 4.78 is 9.95. The van der Waals surface area contributed by atoms with Gasteiger partial charge in [-0.2, -0.15) is 0 Å². The fourth-order valence-electron chi connectivity index (χ4n) is 1.73. The van der Waals surface area contributed by atoms with Crippen molar-refractivity contribution in [1.82, 2.24) is 0 Å². The summed E-state index contributed by atoms with van der Waals surface area (Å²) in [6, 6.07) is 0. The SMILES string of the molecule is COC/C=C1/[C@H](CC(=O)O)OC(=O)C1(C)C. The molecular formula is C11H16O5. The molecule has 1 aliphatic rings. The zero-order valence-corrected chi connectivity index (χ0v) is 9.65. The monoisotopic (exact) mass is 228 g/mol. The number of esters is 1. The Morgan fingerprint density at radius 2 is 2.25 bits per heavy atom. The van der Waals surface area contributed by atoms with Crippen LogP contribution in [0.3, 0.4) is 0 Å². The lowest BCUT2D eigenvalue weighted by Crippen LogP contribution is -2.21. The van der Waals surface area contributed by atoms with Gasteiger partial charge in [-0.1, -0.05) is 6.08 Å². The minimum atomic E-state index is -0.987. The first kappa shape index (κ1) is 12.7. The molecule has 16 heavy (non-hydrogen) atoms. The van der Waals surface area contributed by atoms with Crippen molar-refractivity contribution in [2.24, 2.45) is 5.41 Å². The molecule has 1 atom stereocenters. The van der Waals surface area contributed by atoms with Gasteiger partial charge in [0, 0.05) is 7.11 Å². The summed E-state index contributed by atoms with van der Waals surface area (Å²) in [6.07, 6.45) is 0.846. The van der Waals surface area contributed by atoms with E-state index < -0.39 is 17.5 Å². The Bertz CT molecular complexity index is 329. The zero-order chi connectivity index (χ0) is 12.3. The maximum atomic E-state index is 11.6. The maximum Gasteiger partial charge on any atom is 0.316 e. The molecule has 1 N–H and O–H groups in total. The van der Waals surface area contributed by atoms with E-state index in [1.807, 2.05) is 0 Å². The average Bonchev–Trinajstić information content (AvgIpc) is 2.35. The Morgan fingerprint density at radius 1 is 1.62 bits per heavy atom. The van der Waals surface area contributed by atoms with Gasteiger partial charge in [0.25, 0.3) is 0 Å². The number of hydrogen-bond donors (Lipinski definition) is 1. The first-order valence-corrected chi connectivity index (χ1v) is 5.02. The number of carbonyl (C=O) groups excluding carboxylic acids is 1. The Morgan fingerprint density at radius 3 is 2.75 bits per heavy atom. The smallest absolute Gasteiger partial charge is 0.316 e. The summed E-state index contributed by atoms with van der Waals surface area (Å²) >= 11 is 0. The summed E-state index contributed by atoms with van der Waals surface area (Å²) in [5.41, 5.74) is -0.0831. The summed E-state index contributed by atoms with van der Waals surface area (Å²) in [7, 11) is 1.54. The summed E-state index contributed by atoms with van der Waals surface area (Å²) in [5.74, 6) is -1.38. The molecule has 1 fully saturated rings. The van der Waals surface area contributed by atoms with Crippen molar-refractivity contribution >= 4 is 11.9 Å². The third-order valence-corrected chi connectivity index (χ3v) is 2.66. The normalized spacial score (nSPS) is 25.8. The van der Waals surface area contributed by atoms with Crippen LogP contribution in [0.1, 0.15) is 20.3 Å². The highest BCUT2D eigenvalue weighted by Gasteiger charge is 2.46. The molecular weight excluding hydrogens is 212 g/mol. The molecule has 0 amide bonds. The lowest BCUT2D eigenvalue weighted by molar-refractivity contribution is -0.149. The number of carboxylic acids is 1. The van der Waals surface area contributed by atoms with Crippen LogP contribution in [0, 0.1) is 5.41 Å². The minimum absolute atomic E-state index is 0.204. The van der Waals surface area contributed by atoms with Crippen molar-refractivity contribution in [3.8, 4) is 0 Å². The molecule has 0 aliphatic carbocycles. The van der Waals surface area contributed by atoms with Crippen LogP contribution >= 0.6 is 0 Å². The van der Waals surface area contributed by atoms with Gasteiger partial charge in [0.1, 0.15) is 6.10 Å². The number of carbonyl (C=O) groups is 2. The van der Waals surface area contributed by atoms with Crippen molar-refractivity contribution in [3.05, 3.63) is 11.6 Å². The van der Waals surface area contributed by atoms with Gasteiger partial charge in [-0.25, -0.2) is 0 Å². The second kappa shape index (κ2) is 4.65. The molecule has 5 nitrogen and oxygen atoms in total. The number of ether oxygens (including phenoxy) is 2. The highest BCUT2D eigenvalue weighted by Crippen LogP contribution is 2.39. The average molecular weight is 228 g/mol. The van der Waals surface area contributed by atoms with Gasteiger partial charge in [-0.05, 0) is 19.4 Å². The molecule has 0 radical (unpaired) electrons. The minimum Gasteiger partial charge on any atom is -0.481 e. The molecule has 0 aromatic heterocycles. The topological polar surface area (TPSA) is 72.8 Å². The van der Waals surface area contributed by atoms with E-state index in [9.17, 15) is 9.59 Å². The van der Waals surface area contributed by atoms with E-state index in [1.54, 1.807) is 19.9 Å². The predicted octanol–water partition coefficient (Wildman–Crippen LogP) is 0.985. The van der Waals surface area contributed by atoms with E-state index in [0.29, 0.717) is 12.2 Å². The van der Waals surface area contributed by atoms with Gasteiger partial charge in [0.15, 0.2) is 0 Å². The number of carboxylic acid groups (broad SMARTS) is 1. The molecule has 1 heterocycles. The van der Waals surface area contributed by atoms with Crippen LogP contribution in [-0.4, -0.2) is 36.9 Å². The summed E-state index contributed by atoms with van der Waals surface area (Å²) in [4.78, 5) is 22.2. The van der Waals surface area contributed by atoms with E-state index in [4.69, 9.17) is 14.6 Å². The van der Waals surface area contributed by atoms with Gasteiger partial charge in [-0.3, -0.25) is 9.59 Å². The van der Waals surface area contributed by atoms with Crippen molar-refractivity contribution < 1.29 is 24.2 Å². The van der Waals surface area contributed by atoms with Crippen LogP contribution in [0.25, 0.3) is 0 Å². The molecule has 0 spiro atoms. The van der Waals surface area contributed by atoms with Crippen LogP contribution in [0.15, 0.2) is 11.6 Å². The summed E-state index contributed by atoms with van der Waals surface area (Å²) in [5, 5.41) is 8.72. The Kier molecular flexibility index (Phi) is 3.70. The molecule has 0 unspecified atom stereocenters. The second-order valence-electron chi connectivity index (χ2n) is 4.23. The van der Waals surface area contributed by atoms with Crippen LogP contribution in [0.4, 0.5) is 0 Å². The van der Waals surface area contributed by atoms with Crippen LogP contribution in [0.5, 0.6) is 0 Å². The molecule has 0 aromatic rings. The highest BCUT2D eigenvalue weighted by atomic mass is 16.6. The third kappa shape index (κ3) is 2.41. The van der Waals surface area contributed by atoms with Crippen LogP contribution in [-0.2, 0) is 19.1 Å². The third-order valence-electron chi connectivity index (χ3n) is 2.66. The lowest BCUT2D eigenvalue weighted by Gasteiger charge is -2.16. The van der Waals surface area contributed by atoms with E-state index in [0.717, 1.165) is 0 Å². The number of methoxy groups -OCH3 is 1. The lowest BCUT2D eigenvalue weighted by atomic mass is 9.83. The van der Waals surface area contributed by atoms with Gasteiger partial charge >= 0.3 is 11.9 Å². The summed E-state index contributed by atoms with van der Waals surface area (Å²) in [6.45, 7) is 3.78. The van der Waals surface area contributed by atoms with Crippen LogP contribution < -0.4 is 0 Å². The Balaban J connectivity index is 2.93. The highest BCUT2D eigenvalue weighted by molar-refractivity contribution is 5.84. The van der Waals surface area contributed by atoms with Crippen LogP contribution in [0.2, 0.25) is 0 Å². The quantitative estimate of drug-likeness (QED) is 0.573. The molecule has 1 aliphatic heterocycles. The van der Waals surface area contributed by atoms with E-state index in [1.165, 1.54) is 7.11 Å². The number of aliphatic carboxylic acids is 1. The first-order chi connectivity index (χ1) is 7.39. The van der Waals surface area contributed by atoms with Gasteiger partial charge in [0.2, 0.25) is 0 Å². The molecule has 90 valence electrons. The number of rotatable bonds is 4. The largest absolute Gasteiger partial charge is 0.481 e. The van der Waals surface area contributed by atoms with Crippen molar-refractivity contribution in [3.63, 3.8) is 0 Å². The van der Waals surface area contributed by atoms with E-state index in [-0.39, 0.29) is 12.4 Å². The fraction of sp³-hybridized carbons (Fsp3) is 0.636. The number of cyclic esters (lactones) is 1. The van der Waals surface area contributed by atoms with E-state index in [2.05, 4.69) is 0 Å². The van der Waals surface area contributed by atoms with Crippen molar-refractivity contribution in [2.75, 3.05) is 13.7 Å². The molecule has 0 saturated carbocycles.